The van der Waals surface area contributed by atoms with E-state index in [1.807, 2.05) is 26.0 Å². The second-order valence-corrected chi connectivity index (χ2v) is 5.92. The molecule has 1 fully saturated rings. The van der Waals surface area contributed by atoms with Gasteiger partial charge >= 0.3 is 0 Å². The van der Waals surface area contributed by atoms with Gasteiger partial charge in [-0.2, -0.15) is 0 Å². The number of ether oxygens (including phenoxy) is 1. The number of nitrogens with one attached hydrogen (secondary N) is 2. The van der Waals surface area contributed by atoms with Gasteiger partial charge in [-0.05, 0) is 45.0 Å². The summed E-state index contributed by atoms with van der Waals surface area (Å²) >= 11 is 3.41. The number of carbonyl (C=O) groups is 1. The van der Waals surface area contributed by atoms with Crippen molar-refractivity contribution in [3.63, 3.8) is 0 Å². The molecule has 1 heterocycles. The summed E-state index contributed by atoms with van der Waals surface area (Å²) in [6.45, 7) is 5.73. The second-order valence-electron chi connectivity index (χ2n) is 5.01. The van der Waals surface area contributed by atoms with E-state index >= 15 is 0 Å². The van der Waals surface area contributed by atoms with Crippen LogP contribution >= 0.6 is 28.3 Å². The highest BCUT2D eigenvalue weighted by Crippen LogP contribution is 2.22. The molecular formula is C14H20BrClN2O2. The predicted molar refractivity (Wildman–Crippen MR) is 85.9 cm³/mol. The molecule has 112 valence electrons. The summed E-state index contributed by atoms with van der Waals surface area (Å²) in [6, 6.07) is 5.68. The zero-order valence-electron chi connectivity index (χ0n) is 11.6. The minimum atomic E-state index is -0.0522. The minimum absolute atomic E-state index is 0. The molecular weight excluding hydrogens is 344 g/mol. The van der Waals surface area contributed by atoms with Crippen LogP contribution in [0.15, 0.2) is 22.7 Å². The third-order valence-corrected chi connectivity index (χ3v) is 3.36. The fourth-order valence-electron chi connectivity index (χ4n) is 2.08. The monoisotopic (exact) mass is 362 g/mol. The lowest BCUT2D eigenvalue weighted by atomic mass is 10.1. The maximum Gasteiger partial charge on any atom is 0.251 e. The molecule has 6 heteroatoms. The SMILES string of the molecule is CC(C)Oc1cc(Br)cc(C(=O)NC2CCNC2)c1.Cl. The van der Waals surface area contributed by atoms with Gasteiger partial charge in [-0.15, -0.1) is 12.4 Å². The Bertz CT molecular complexity index is 462. The van der Waals surface area contributed by atoms with E-state index in [9.17, 15) is 4.79 Å². The zero-order valence-corrected chi connectivity index (χ0v) is 14.0. The molecule has 0 saturated carbocycles. The molecule has 1 saturated heterocycles. The van der Waals surface area contributed by atoms with Gasteiger partial charge in [0.15, 0.2) is 0 Å². The topological polar surface area (TPSA) is 50.4 Å². The first-order valence-electron chi connectivity index (χ1n) is 6.53. The minimum Gasteiger partial charge on any atom is -0.491 e. The summed E-state index contributed by atoms with van der Waals surface area (Å²) in [4.78, 5) is 12.2. The van der Waals surface area contributed by atoms with Gasteiger partial charge in [-0.3, -0.25) is 4.79 Å². The van der Waals surface area contributed by atoms with Gasteiger partial charge in [0.25, 0.3) is 5.91 Å². The quantitative estimate of drug-likeness (QED) is 0.865. The highest BCUT2D eigenvalue weighted by atomic mass is 79.9. The van der Waals surface area contributed by atoms with Crippen LogP contribution in [0, 0.1) is 0 Å². The fourth-order valence-corrected chi connectivity index (χ4v) is 2.55. The third-order valence-electron chi connectivity index (χ3n) is 2.90. The summed E-state index contributed by atoms with van der Waals surface area (Å²) < 4.78 is 6.48. The molecule has 0 radical (unpaired) electrons. The van der Waals surface area contributed by atoms with Crippen molar-refractivity contribution in [2.45, 2.75) is 32.4 Å². The van der Waals surface area contributed by atoms with Crippen molar-refractivity contribution in [3.05, 3.63) is 28.2 Å². The van der Waals surface area contributed by atoms with Crippen LogP contribution in [0.5, 0.6) is 5.75 Å². The Balaban J connectivity index is 0.00000200. The maximum atomic E-state index is 12.2. The molecule has 0 bridgehead atoms. The molecule has 1 unspecified atom stereocenters. The molecule has 2 N–H and O–H groups in total. The summed E-state index contributed by atoms with van der Waals surface area (Å²) in [5.41, 5.74) is 0.622. The Kier molecular flexibility index (Phi) is 6.79. The standard InChI is InChI=1S/C14H19BrN2O2.ClH/c1-9(2)19-13-6-10(5-11(15)7-13)14(18)17-12-3-4-16-8-12;/h5-7,9,12,16H,3-4,8H2,1-2H3,(H,17,18);1H. The van der Waals surface area contributed by atoms with Gasteiger partial charge < -0.3 is 15.4 Å². The van der Waals surface area contributed by atoms with Crippen LogP contribution in [-0.2, 0) is 0 Å². The van der Waals surface area contributed by atoms with Crippen LogP contribution in [-0.4, -0.2) is 31.1 Å². The maximum absolute atomic E-state index is 12.2. The van der Waals surface area contributed by atoms with Gasteiger partial charge in [0.2, 0.25) is 0 Å². The van der Waals surface area contributed by atoms with Gasteiger partial charge in [0.05, 0.1) is 6.10 Å². The van der Waals surface area contributed by atoms with E-state index in [0.717, 1.165) is 24.0 Å². The summed E-state index contributed by atoms with van der Waals surface area (Å²) in [5.74, 6) is 0.655. The molecule has 0 aliphatic carbocycles. The van der Waals surface area contributed by atoms with Crippen LogP contribution in [0.3, 0.4) is 0 Å². The Morgan fingerprint density at radius 2 is 2.20 bits per heavy atom. The molecule has 1 aliphatic rings. The van der Waals surface area contributed by atoms with Crippen LogP contribution < -0.4 is 15.4 Å². The number of halogens is 2. The number of hydrogen-bond acceptors (Lipinski definition) is 3. The van der Waals surface area contributed by atoms with E-state index < -0.39 is 0 Å². The first-order chi connectivity index (χ1) is 9.04. The number of hydrogen-bond donors (Lipinski definition) is 2. The molecule has 0 aromatic heterocycles. The molecule has 1 aliphatic heterocycles. The van der Waals surface area contributed by atoms with Crippen molar-refractivity contribution >= 4 is 34.2 Å². The highest BCUT2D eigenvalue weighted by molar-refractivity contribution is 9.10. The van der Waals surface area contributed by atoms with E-state index in [1.54, 1.807) is 6.07 Å². The third kappa shape index (κ3) is 4.96. The van der Waals surface area contributed by atoms with Crippen LogP contribution in [0.1, 0.15) is 30.6 Å². The van der Waals surface area contributed by atoms with Crippen LogP contribution in [0.25, 0.3) is 0 Å². The number of carbonyl (C=O) groups excluding carboxylic acids is 1. The molecule has 20 heavy (non-hydrogen) atoms. The van der Waals surface area contributed by atoms with Gasteiger partial charge in [0, 0.05) is 22.6 Å². The molecule has 1 aromatic carbocycles. The Hall–Kier alpha value is -0.780. The summed E-state index contributed by atoms with van der Waals surface area (Å²) in [7, 11) is 0. The van der Waals surface area contributed by atoms with Crippen molar-refractivity contribution in [2.24, 2.45) is 0 Å². The summed E-state index contributed by atoms with van der Waals surface area (Å²) in [5, 5.41) is 6.25. The van der Waals surface area contributed by atoms with Crippen molar-refractivity contribution in [1.29, 1.82) is 0 Å². The average Bonchev–Trinajstić information content (AvgIpc) is 2.80. The number of benzene rings is 1. The Morgan fingerprint density at radius 1 is 1.45 bits per heavy atom. The van der Waals surface area contributed by atoms with E-state index in [2.05, 4.69) is 26.6 Å². The highest BCUT2D eigenvalue weighted by Gasteiger charge is 2.18. The van der Waals surface area contributed by atoms with Crippen molar-refractivity contribution < 1.29 is 9.53 Å². The van der Waals surface area contributed by atoms with Crippen LogP contribution in [0.2, 0.25) is 0 Å². The van der Waals surface area contributed by atoms with Crippen molar-refractivity contribution in [1.82, 2.24) is 10.6 Å². The normalized spacial score (nSPS) is 17.7. The molecule has 1 amide bonds. The zero-order chi connectivity index (χ0) is 13.8. The Morgan fingerprint density at radius 3 is 2.80 bits per heavy atom. The smallest absolute Gasteiger partial charge is 0.251 e. The molecule has 2 rings (SSSR count). The average molecular weight is 364 g/mol. The molecule has 4 nitrogen and oxygen atoms in total. The molecule has 1 atom stereocenters. The number of amides is 1. The van der Waals surface area contributed by atoms with Gasteiger partial charge in [-0.25, -0.2) is 0 Å². The number of rotatable bonds is 4. The van der Waals surface area contributed by atoms with Gasteiger partial charge in [-0.1, -0.05) is 15.9 Å². The lowest BCUT2D eigenvalue weighted by Gasteiger charge is -2.14. The predicted octanol–water partition coefficient (Wildman–Crippen LogP) is 2.75. The first-order valence-corrected chi connectivity index (χ1v) is 7.32. The summed E-state index contributed by atoms with van der Waals surface area (Å²) in [6.07, 6.45) is 1.07. The van der Waals surface area contributed by atoms with E-state index in [4.69, 9.17) is 4.74 Å². The van der Waals surface area contributed by atoms with Crippen molar-refractivity contribution in [3.8, 4) is 5.75 Å². The lowest BCUT2D eigenvalue weighted by Crippen LogP contribution is -2.36. The largest absolute Gasteiger partial charge is 0.491 e. The molecule has 0 spiro atoms. The fraction of sp³-hybridized carbons (Fsp3) is 0.500. The van der Waals surface area contributed by atoms with E-state index in [1.165, 1.54) is 0 Å². The second kappa shape index (κ2) is 7.86. The first kappa shape index (κ1) is 17.3. The molecule has 1 aromatic rings. The van der Waals surface area contributed by atoms with Crippen LogP contribution in [0.4, 0.5) is 0 Å². The Labute approximate surface area is 134 Å². The van der Waals surface area contributed by atoms with Gasteiger partial charge in [0.1, 0.15) is 5.75 Å². The van der Waals surface area contributed by atoms with E-state index in [-0.39, 0.29) is 30.5 Å². The lowest BCUT2D eigenvalue weighted by molar-refractivity contribution is 0.0939. The van der Waals surface area contributed by atoms with Crippen molar-refractivity contribution in [2.75, 3.05) is 13.1 Å². The van der Waals surface area contributed by atoms with E-state index in [0.29, 0.717) is 11.3 Å².